The molecule has 8 aliphatic heterocycles. The van der Waals surface area contributed by atoms with Crippen LogP contribution in [0.15, 0.2) is 170 Å². The van der Waals surface area contributed by atoms with Crippen LogP contribution in [0.25, 0.3) is 0 Å². The summed E-state index contributed by atoms with van der Waals surface area (Å²) >= 11 is 6.44. The number of hydrogen-bond acceptors (Lipinski definition) is 31. The number of aliphatic hydroxyl groups excluding tert-OH is 16. The lowest BCUT2D eigenvalue weighted by Gasteiger charge is -2.40. The van der Waals surface area contributed by atoms with E-state index in [-0.39, 0.29) is 17.5 Å². The van der Waals surface area contributed by atoms with Crippen LogP contribution < -0.4 is 49.5 Å². The molecule has 1 amide bonds. The number of benzene rings is 9. The lowest BCUT2D eigenvalue weighted by molar-refractivity contribution is -0.231. The number of aliphatic hydroxyl groups is 16. The Labute approximate surface area is 735 Å². The molecule has 17 rings (SSSR count). The van der Waals surface area contributed by atoms with Crippen LogP contribution in [0.1, 0.15) is 113 Å². The van der Waals surface area contributed by atoms with Crippen LogP contribution in [0.2, 0.25) is 5.02 Å². The zero-order valence-corrected chi connectivity index (χ0v) is 69.3. The smallest absolute Gasteiger partial charge is 0.249 e. The number of carbonyl (C=O) groups is 1. The fraction of sp³-hybridized carbons (Fsp3) is 0.383. The fourth-order valence-electron chi connectivity index (χ4n) is 16.4. The van der Waals surface area contributed by atoms with Gasteiger partial charge in [0.1, 0.15) is 185 Å². The van der Waals surface area contributed by atoms with E-state index in [9.17, 15) is 91.8 Å². The van der Waals surface area contributed by atoms with Crippen molar-refractivity contribution in [3.63, 3.8) is 0 Å². The number of nitrogens with one attached hydrogen (secondary N) is 2. The van der Waals surface area contributed by atoms with Crippen molar-refractivity contribution in [2.24, 2.45) is 5.73 Å². The molecular formula is C94H101ClN4O28. The van der Waals surface area contributed by atoms with Gasteiger partial charge in [-0.1, -0.05) is 96.4 Å². The average Bonchev–Trinajstić information content (AvgIpc) is 0.756. The number of nitriles is 1. The van der Waals surface area contributed by atoms with Crippen molar-refractivity contribution in [1.29, 1.82) is 5.26 Å². The molecule has 0 radical (unpaired) electrons. The van der Waals surface area contributed by atoms with E-state index in [0.29, 0.717) is 144 Å². The van der Waals surface area contributed by atoms with Crippen molar-refractivity contribution >= 4 is 28.9 Å². The Hall–Kier alpha value is -10.8. The number of para-hydroxylation sites is 1. The molecule has 9 aromatic rings. The lowest BCUT2D eigenvalue weighted by atomic mass is 9.86. The van der Waals surface area contributed by atoms with Crippen LogP contribution in [0.4, 0.5) is 11.4 Å². The molecule has 32 nitrogen and oxygen atoms in total. The molecule has 0 saturated carbocycles. The van der Waals surface area contributed by atoms with Crippen molar-refractivity contribution in [2.75, 3.05) is 89.8 Å². The Morgan fingerprint density at radius 2 is 0.787 bits per heavy atom. The Morgan fingerprint density at radius 1 is 0.409 bits per heavy atom. The van der Waals surface area contributed by atoms with Crippen LogP contribution in [0.3, 0.4) is 0 Å². The standard InChI is InChI=1S/C27H29NO7.C23H24O7.C22H25ClN2O7.C22H23NO7/c29-15-23-24(30)25(31)26(32)27(35-23)17-7-9-21(34-19-4-2-1-3-5-19)18(14-17)12-16-6-8-22-20(13-16)28-10-11-33-22;1-2-14-4-5-15(23-22(27)21(26)20(25)19(12-24)30-23)11-16(14)9-13-3-6-17-18(10-13)29-8-7-28-17;23-13-3-2-11(21-20(29)19(28)18(27)16(9-26)32-21)17(22(24)30)12(13)7-10-1-4-15-14(8-10)25-5-6-31-15;23-10-14-3-2-13(22-21(27)20(26)19(25)18(11-24)30-22)9-15(14)7-12-1-4-16-17(8-12)29-6-5-28-16/h1-9,13-14,23-32H,10-12,15H2;1,3-6,10-11,19-27H,7-9,12H2;1-4,8,16,18-21,25-29H,5-7,9H2,(H2,24,30);1-4,8-9,18-22,24-27H,5-7,11H2/t23-,24-,25+,26-,27+;19-,20-,21+,22-,23+;16-,18-,19+,20-,21+;18-,19-,20+,21-,22+/m1111/s1. The van der Waals surface area contributed by atoms with Crippen LogP contribution in [0.5, 0.6) is 46.0 Å². The topological polar surface area (TPSA) is 516 Å². The summed E-state index contributed by atoms with van der Waals surface area (Å²) in [4.78, 5) is 12.5. The number of primary amides is 1. The van der Waals surface area contributed by atoms with Crippen molar-refractivity contribution in [1.82, 2.24) is 0 Å². The van der Waals surface area contributed by atoms with Gasteiger partial charge < -0.3 is 150 Å². The van der Waals surface area contributed by atoms with Crippen molar-refractivity contribution < 1.29 is 139 Å². The van der Waals surface area contributed by atoms with E-state index in [1.54, 1.807) is 48.5 Å². The number of nitrogens with zero attached hydrogens (tertiary/aromatic N) is 1. The van der Waals surface area contributed by atoms with Crippen LogP contribution in [-0.4, -0.2) is 264 Å². The maximum absolute atomic E-state index is 12.5. The Bertz CT molecular complexity index is 5230. The van der Waals surface area contributed by atoms with E-state index < -0.39 is 154 Å². The van der Waals surface area contributed by atoms with Gasteiger partial charge in [0.2, 0.25) is 5.91 Å². The predicted molar refractivity (Wildman–Crippen MR) is 456 cm³/mol. The summed E-state index contributed by atoms with van der Waals surface area (Å²) in [5.74, 6) is 7.49. The number of halogens is 1. The number of hydrogen-bond donors (Lipinski definition) is 19. The van der Waals surface area contributed by atoms with Crippen molar-refractivity contribution in [3.8, 4) is 64.4 Å². The summed E-state index contributed by atoms with van der Waals surface area (Å²) in [5.41, 5.74) is 17.2. The molecule has 127 heavy (non-hydrogen) atoms. The average molecular weight is 1770 g/mol. The third-order valence-electron chi connectivity index (χ3n) is 23.2. The number of amides is 1. The van der Waals surface area contributed by atoms with E-state index in [1.165, 1.54) is 6.07 Å². The highest BCUT2D eigenvalue weighted by atomic mass is 35.5. The summed E-state index contributed by atoms with van der Waals surface area (Å²) in [7, 11) is 0. The molecule has 0 spiro atoms. The number of terminal acetylenes is 1. The Morgan fingerprint density at radius 3 is 1.23 bits per heavy atom. The number of anilines is 2. The Kier molecular flexibility index (Phi) is 30.5. The molecule has 0 aromatic heterocycles. The summed E-state index contributed by atoms with van der Waals surface area (Å²) in [6.45, 7) is 2.59. The van der Waals surface area contributed by atoms with Gasteiger partial charge in [-0.2, -0.15) is 5.26 Å². The zero-order chi connectivity index (χ0) is 89.9. The first-order valence-corrected chi connectivity index (χ1v) is 41.8. The summed E-state index contributed by atoms with van der Waals surface area (Å²) < 4.78 is 62.5. The first-order chi connectivity index (χ1) is 61.4. The van der Waals surface area contributed by atoms with Crippen LogP contribution in [0, 0.1) is 23.7 Å². The number of rotatable bonds is 19. The monoisotopic (exact) mass is 1770 g/mol. The minimum absolute atomic E-state index is 0.0590. The summed E-state index contributed by atoms with van der Waals surface area (Å²) in [5, 5.41) is 177. The Balaban J connectivity index is 0.000000137. The second-order valence-corrected chi connectivity index (χ2v) is 32.0. The van der Waals surface area contributed by atoms with E-state index >= 15 is 0 Å². The molecule has 8 heterocycles. The maximum atomic E-state index is 12.5. The molecule has 0 aliphatic carbocycles. The van der Waals surface area contributed by atoms with Crippen LogP contribution in [-0.2, 0) is 44.6 Å². The van der Waals surface area contributed by atoms with Gasteiger partial charge >= 0.3 is 0 Å². The molecule has 0 bridgehead atoms. The molecule has 9 aromatic carbocycles. The number of fused-ring (bicyclic) bond motifs is 4. The normalized spacial score (nSPS) is 27.2. The third kappa shape index (κ3) is 21.0. The SMILES string of the molecule is C#Cc1ccc([C@@H]2O[C@H](CO)[C@@H](O)[C@H](O)[C@H]2O)cc1Cc1ccc2c(c1)OCCO2.N#Cc1ccc([C@@H]2O[C@H](CO)[C@@H](O)[C@H](O)[C@H]2O)cc1Cc1ccc2c(c1)OCCO2.NC(=O)c1c([C@@H]2O[C@H](CO)[C@@H](O)[C@H](O)[C@H]2O)ccc(Cl)c1Cc1ccc2c(c1)NCCO2.OC[C@H]1O[C@@H](c2ccc(Oc3ccccc3)c(Cc3ccc4c(c3)NCCO4)c2)[C@H](O)[C@@H](O)[C@@H]1O. The number of carbonyl (C=O) groups excluding carboxylic acids is 1. The largest absolute Gasteiger partial charge is 0.490 e. The minimum Gasteiger partial charge on any atom is -0.490 e. The van der Waals surface area contributed by atoms with Crippen molar-refractivity contribution in [3.05, 3.63) is 258 Å². The zero-order valence-electron chi connectivity index (χ0n) is 68.6. The molecule has 20 N–H and O–H groups in total. The highest BCUT2D eigenvalue weighted by molar-refractivity contribution is 6.32. The van der Waals surface area contributed by atoms with Gasteiger partial charge in [0.25, 0.3) is 0 Å². The van der Waals surface area contributed by atoms with Gasteiger partial charge in [-0.25, -0.2) is 0 Å². The highest BCUT2D eigenvalue weighted by Gasteiger charge is 2.49. The third-order valence-corrected chi connectivity index (χ3v) is 23.6. The minimum atomic E-state index is -1.59. The van der Waals surface area contributed by atoms with E-state index in [0.717, 1.165) is 62.8 Å². The number of ether oxygens (including phenoxy) is 11. The summed E-state index contributed by atoms with van der Waals surface area (Å²) in [6, 6.07) is 53.3. The van der Waals surface area contributed by atoms with Gasteiger partial charge in [-0.3, -0.25) is 4.79 Å². The first-order valence-electron chi connectivity index (χ1n) is 41.5. The van der Waals surface area contributed by atoms with Gasteiger partial charge in [0.05, 0.1) is 55.0 Å². The first kappa shape index (κ1) is 92.4. The predicted octanol–water partition coefficient (Wildman–Crippen LogP) is 3.72. The maximum Gasteiger partial charge on any atom is 0.249 e. The molecule has 20 atom stereocenters. The second-order valence-electron chi connectivity index (χ2n) is 31.6. The quantitative estimate of drug-likeness (QED) is 0.0513. The number of nitrogens with two attached hydrogens (primary N) is 1. The van der Waals surface area contributed by atoms with Gasteiger partial charge in [0.15, 0.2) is 23.0 Å². The lowest BCUT2D eigenvalue weighted by Crippen LogP contribution is -2.55. The van der Waals surface area contributed by atoms with Gasteiger partial charge in [-0.15, -0.1) is 6.42 Å². The van der Waals surface area contributed by atoms with E-state index in [1.807, 2.05) is 115 Å². The van der Waals surface area contributed by atoms with E-state index in [2.05, 4.69) is 22.6 Å². The molecule has 8 aliphatic rings. The molecular weight excluding hydrogens is 1670 g/mol. The molecule has 672 valence electrons. The van der Waals surface area contributed by atoms with Gasteiger partial charge in [0, 0.05) is 30.1 Å². The molecule has 33 heteroatoms. The highest BCUT2D eigenvalue weighted by Crippen LogP contribution is 2.44. The van der Waals surface area contributed by atoms with E-state index in [4.69, 9.17) is 75.9 Å². The van der Waals surface area contributed by atoms with Crippen LogP contribution >= 0.6 is 11.6 Å². The molecule has 4 fully saturated rings. The molecule has 0 unspecified atom stereocenters. The summed E-state index contributed by atoms with van der Waals surface area (Å²) in [6.07, 6.45) is -17.9. The van der Waals surface area contributed by atoms with Gasteiger partial charge in [-0.05, 0) is 177 Å². The second kappa shape index (κ2) is 42.0. The fourth-order valence-corrected chi connectivity index (χ4v) is 16.7. The molecule has 4 saturated heterocycles. The van der Waals surface area contributed by atoms with Crippen molar-refractivity contribution in [2.45, 2.75) is 148 Å².